The largest absolute Gasteiger partial charge is 0.393 e. The van der Waals surface area contributed by atoms with Gasteiger partial charge in [0.2, 0.25) is 5.91 Å². The van der Waals surface area contributed by atoms with Crippen LogP contribution in [0.2, 0.25) is 0 Å². The second-order valence-electron chi connectivity index (χ2n) is 12.2. The molecule has 0 bridgehead atoms. The van der Waals surface area contributed by atoms with E-state index in [1.807, 2.05) is 4.90 Å². The lowest BCUT2D eigenvalue weighted by molar-refractivity contribution is -0.121. The summed E-state index contributed by atoms with van der Waals surface area (Å²) >= 11 is 0. The topological polar surface area (TPSA) is 76.1 Å². The molecule has 198 valence electrons. The molecule has 2 unspecified atom stereocenters. The fourth-order valence-corrected chi connectivity index (χ4v) is 7.23. The van der Waals surface area contributed by atoms with Gasteiger partial charge in [-0.2, -0.15) is 0 Å². The second-order valence-corrected chi connectivity index (χ2v) is 12.2. The molecule has 2 atom stereocenters. The Morgan fingerprint density at radius 2 is 1.78 bits per heavy atom. The summed E-state index contributed by atoms with van der Waals surface area (Å²) in [6, 6.07) is 10.9. The van der Waals surface area contributed by atoms with E-state index in [1.54, 1.807) is 0 Å². The molecular formula is C29H44N4O3. The van der Waals surface area contributed by atoms with E-state index in [1.165, 1.54) is 24.8 Å². The summed E-state index contributed by atoms with van der Waals surface area (Å²) in [5, 5.41) is 12.8. The molecule has 5 rings (SSSR count). The van der Waals surface area contributed by atoms with Crippen LogP contribution in [0, 0.1) is 11.8 Å². The molecule has 1 aliphatic heterocycles. The smallest absolute Gasteiger partial charge is 0.321 e. The normalized spacial score (nSPS) is 32.9. The lowest BCUT2D eigenvalue weighted by Crippen LogP contribution is -2.56. The molecule has 1 aromatic rings. The van der Waals surface area contributed by atoms with Gasteiger partial charge in [-0.3, -0.25) is 9.69 Å². The Morgan fingerprint density at radius 1 is 1.06 bits per heavy atom. The fraction of sp³-hybridized carbons (Fsp3) is 0.724. The monoisotopic (exact) mass is 496 g/mol. The van der Waals surface area contributed by atoms with Gasteiger partial charge in [0.25, 0.3) is 0 Å². The number of carbonyl (C=O) groups excluding carboxylic acids is 2. The van der Waals surface area contributed by atoms with Crippen molar-refractivity contribution in [3.63, 3.8) is 0 Å². The maximum absolute atomic E-state index is 13.7. The lowest BCUT2D eigenvalue weighted by Gasteiger charge is -2.51. The number of amides is 3. The van der Waals surface area contributed by atoms with E-state index in [4.69, 9.17) is 0 Å². The van der Waals surface area contributed by atoms with Crippen LogP contribution in [0.5, 0.6) is 0 Å². The molecule has 0 radical (unpaired) electrons. The summed E-state index contributed by atoms with van der Waals surface area (Å²) in [4.78, 5) is 32.9. The third-order valence-corrected chi connectivity index (χ3v) is 9.84. The SMILES string of the molecule is CN(C)[C@]1(c2ccccc2)CC[C@]2(CC1)CN(CC(=O)NCC1CCC(O)C1)C(=O)N2CC1CCC1. The van der Waals surface area contributed by atoms with Crippen LogP contribution in [0.4, 0.5) is 4.79 Å². The lowest BCUT2D eigenvalue weighted by atomic mass is 9.68. The van der Waals surface area contributed by atoms with E-state index in [2.05, 4.69) is 59.5 Å². The minimum Gasteiger partial charge on any atom is -0.393 e. The van der Waals surface area contributed by atoms with E-state index >= 15 is 0 Å². The van der Waals surface area contributed by atoms with Crippen molar-refractivity contribution in [3.05, 3.63) is 35.9 Å². The molecule has 7 heteroatoms. The Balaban J connectivity index is 1.28. The number of hydrogen-bond acceptors (Lipinski definition) is 4. The Labute approximate surface area is 216 Å². The zero-order chi connectivity index (χ0) is 25.3. The highest BCUT2D eigenvalue weighted by atomic mass is 16.3. The predicted octanol–water partition coefficient (Wildman–Crippen LogP) is 3.57. The van der Waals surface area contributed by atoms with Gasteiger partial charge in [-0.25, -0.2) is 4.79 Å². The molecule has 3 saturated carbocycles. The first kappa shape index (κ1) is 25.5. The summed E-state index contributed by atoms with van der Waals surface area (Å²) in [7, 11) is 4.35. The van der Waals surface area contributed by atoms with Gasteiger partial charge >= 0.3 is 6.03 Å². The highest BCUT2D eigenvalue weighted by Crippen LogP contribution is 2.49. The summed E-state index contributed by atoms with van der Waals surface area (Å²) in [5.74, 6) is 0.867. The molecule has 1 aromatic carbocycles. The van der Waals surface area contributed by atoms with Crippen LogP contribution in [-0.2, 0) is 10.3 Å². The molecule has 1 spiro atoms. The van der Waals surface area contributed by atoms with Crippen molar-refractivity contribution in [2.45, 2.75) is 81.4 Å². The van der Waals surface area contributed by atoms with E-state index in [0.717, 1.165) is 51.5 Å². The van der Waals surface area contributed by atoms with E-state index < -0.39 is 0 Å². The number of carbonyl (C=O) groups is 2. The molecule has 4 fully saturated rings. The number of urea groups is 1. The van der Waals surface area contributed by atoms with Crippen LogP contribution < -0.4 is 5.32 Å². The number of rotatable bonds is 8. The van der Waals surface area contributed by atoms with E-state index in [0.29, 0.717) is 24.9 Å². The first-order valence-corrected chi connectivity index (χ1v) is 14.1. The second kappa shape index (κ2) is 10.3. The summed E-state index contributed by atoms with van der Waals surface area (Å²) in [6.45, 7) is 2.20. The summed E-state index contributed by atoms with van der Waals surface area (Å²) in [6.07, 6.45) is 9.90. The van der Waals surface area contributed by atoms with Gasteiger partial charge in [0.15, 0.2) is 0 Å². The third-order valence-electron chi connectivity index (χ3n) is 9.84. The first-order valence-electron chi connectivity index (χ1n) is 14.1. The van der Waals surface area contributed by atoms with Gasteiger partial charge < -0.3 is 20.2 Å². The first-order chi connectivity index (χ1) is 17.3. The minimum atomic E-state index is -0.233. The van der Waals surface area contributed by atoms with Crippen LogP contribution in [0.15, 0.2) is 30.3 Å². The standard InChI is InChI=1S/C29H44N4O3/c1-31(2)29(24-9-4-3-5-10-24)15-13-28(14-16-29)21-32(27(36)33(28)19-22-7-6-8-22)20-26(35)30-18-23-11-12-25(34)17-23/h3-5,9-10,22-23,25,34H,6-8,11-21H2,1-2H3,(H,30,35)/t23?,25?,28-,29+. The van der Waals surface area contributed by atoms with Crippen LogP contribution in [-0.4, -0.2) is 83.7 Å². The number of hydrogen-bond donors (Lipinski definition) is 2. The van der Waals surface area contributed by atoms with Crippen molar-refractivity contribution < 1.29 is 14.7 Å². The average Bonchev–Trinajstić information content (AvgIpc) is 3.37. The predicted molar refractivity (Wildman–Crippen MR) is 140 cm³/mol. The Bertz CT molecular complexity index is 924. The molecule has 1 heterocycles. The molecule has 7 nitrogen and oxygen atoms in total. The molecule has 2 N–H and O–H groups in total. The van der Waals surface area contributed by atoms with Gasteiger partial charge in [-0.15, -0.1) is 0 Å². The number of aliphatic hydroxyl groups excluding tert-OH is 1. The fourth-order valence-electron chi connectivity index (χ4n) is 7.23. The Morgan fingerprint density at radius 3 is 2.36 bits per heavy atom. The van der Waals surface area contributed by atoms with Crippen molar-refractivity contribution in [1.29, 1.82) is 0 Å². The maximum Gasteiger partial charge on any atom is 0.321 e. The molecule has 0 aromatic heterocycles. The number of nitrogens with zero attached hydrogens (tertiary/aromatic N) is 3. The van der Waals surface area contributed by atoms with Gasteiger partial charge in [-0.1, -0.05) is 36.8 Å². The quantitative estimate of drug-likeness (QED) is 0.577. The summed E-state index contributed by atoms with van der Waals surface area (Å²) in [5.41, 5.74) is 1.15. The molecule has 36 heavy (non-hydrogen) atoms. The Kier molecular flexibility index (Phi) is 7.32. The molecule has 1 saturated heterocycles. The minimum absolute atomic E-state index is 0.0195. The summed E-state index contributed by atoms with van der Waals surface area (Å²) < 4.78 is 0. The highest BCUT2D eigenvalue weighted by Gasteiger charge is 2.55. The molecule has 3 amide bonds. The van der Waals surface area contributed by atoms with Crippen molar-refractivity contribution in [3.8, 4) is 0 Å². The van der Waals surface area contributed by atoms with Crippen molar-refractivity contribution in [1.82, 2.24) is 20.0 Å². The number of benzene rings is 1. The van der Waals surface area contributed by atoms with Gasteiger partial charge in [0, 0.05) is 25.2 Å². The molecular weight excluding hydrogens is 452 g/mol. The van der Waals surface area contributed by atoms with Crippen LogP contribution in [0.3, 0.4) is 0 Å². The maximum atomic E-state index is 13.7. The van der Waals surface area contributed by atoms with Crippen LogP contribution >= 0.6 is 0 Å². The van der Waals surface area contributed by atoms with Crippen molar-refractivity contribution in [2.24, 2.45) is 11.8 Å². The molecule has 3 aliphatic carbocycles. The van der Waals surface area contributed by atoms with Crippen LogP contribution in [0.25, 0.3) is 0 Å². The van der Waals surface area contributed by atoms with Gasteiger partial charge in [0.1, 0.15) is 6.54 Å². The zero-order valence-electron chi connectivity index (χ0n) is 22.1. The van der Waals surface area contributed by atoms with Crippen molar-refractivity contribution in [2.75, 3.05) is 40.3 Å². The number of nitrogens with one attached hydrogen (secondary N) is 1. The Hall–Kier alpha value is -2.12. The highest BCUT2D eigenvalue weighted by molar-refractivity contribution is 5.86. The zero-order valence-corrected chi connectivity index (χ0v) is 22.1. The number of aliphatic hydroxyl groups is 1. The third kappa shape index (κ3) is 4.89. The van der Waals surface area contributed by atoms with E-state index in [-0.39, 0.29) is 35.7 Å². The van der Waals surface area contributed by atoms with Gasteiger partial charge in [-0.05, 0) is 89.3 Å². The van der Waals surface area contributed by atoms with Gasteiger partial charge in [0.05, 0.1) is 11.6 Å². The van der Waals surface area contributed by atoms with Crippen LogP contribution in [0.1, 0.15) is 69.8 Å². The van der Waals surface area contributed by atoms with Crippen molar-refractivity contribution >= 4 is 11.9 Å². The average molecular weight is 497 g/mol. The molecule has 4 aliphatic rings. The van der Waals surface area contributed by atoms with E-state index in [9.17, 15) is 14.7 Å².